The highest BCUT2D eigenvalue weighted by molar-refractivity contribution is 5.88. The summed E-state index contributed by atoms with van der Waals surface area (Å²) in [5.41, 5.74) is 0.444. The van der Waals surface area contributed by atoms with Crippen molar-refractivity contribution in [3.05, 3.63) is 0 Å². The smallest absolute Gasteiger partial charge is 0.139 e. The van der Waals surface area contributed by atoms with Gasteiger partial charge in [0, 0.05) is 11.8 Å². The molecule has 0 saturated heterocycles. The molecule has 66 valence electrons. The average Bonchev–Trinajstić information content (AvgIpc) is 2.47. The molecule has 12 heavy (non-hydrogen) atoms. The van der Waals surface area contributed by atoms with E-state index >= 15 is 0 Å². The van der Waals surface area contributed by atoms with E-state index in [9.17, 15) is 4.79 Å². The van der Waals surface area contributed by atoms with Crippen molar-refractivity contribution in [1.82, 2.24) is 0 Å². The van der Waals surface area contributed by atoms with E-state index in [0.29, 0.717) is 23.0 Å². The first-order valence-corrected chi connectivity index (χ1v) is 5.25. The lowest BCUT2D eigenvalue weighted by atomic mass is 9.62. The zero-order valence-corrected chi connectivity index (χ0v) is 7.68. The van der Waals surface area contributed by atoms with Crippen LogP contribution in [-0.2, 0) is 4.79 Å². The number of Topliss-reactive ketones (excluding diaryl/α,β-unsaturated/α-hetero) is 1. The topological polar surface area (TPSA) is 17.1 Å². The van der Waals surface area contributed by atoms with Gasteiger partial charge >= 0.3 is 0 Å². The lowest BCUT2D eigenvalue weighted by molar-refractivity contribution is -0.130. The number of carbonyl (C=O) groups is 1. The number of hydrogen-bond acceptors (Lipinski definition) is 1. The van der Waals surface area contributed by atoms with Crippen molar-refractivity contribution in [3.63, 3.8) is 0 Å². The number of hydrogen-bond donors (Lipinski definition) is 0. The monoisotopic (exact) mass is 164 g/mol. The lowest BCUT2D eigenvalue weighted by Crippen LogP contribution is -2.39. The van der Waals surface area contributed by atoms with Crippen molar-refractivity contribution in [1.29, 1.82) is 0 Å². The van der Waals surface area contributed by atoms with E-state index in [4.69, 9.17) is 0 Å². The van der Waals surface area contributed by atoms with Gasteiger partial charge in [0.05, 0.1) is 0 Å². The summed E-state index contributed by atoms with van der Waals surface area (Å²) >= 11 is 0. The molecule has 3 rings (SSSR count). The Morgan fingerprint density at radius 2 is 2.25 bits per heavy atom. The van der Waals surface area contributed by atoms with Crippen LogP contribution in [0.15, 0.2) is 0 Å². The molecule has 3 aliphatic carbocycles. The third kappa shape index (κ3) is 0.605. The van der Waals surface area contributed by atoms with Gasteiger partial charge in [0.2, 0.25) is 0 Å². The molecule has 0 aromatic rings. The highest BCUT2D eigenvalue weighted by Crippen LogP contribution is 2.63. The molecule has 0 N–H and O–H groups in total. The van der Waals surface area contributed by atoms with Crippen molar-refractivity contribution in [2.75, 3.05) is 0 Å². The number of ketones is 1. The van der Waals surface area contributed by atoms with Crippen LogP contribution in [0.25, 0.3) is 0 Å². The first-order chi connectivity index (χ1) is 5.72. The molecule has 2 bridgehead atoms. The second-order valence-corrected chi connectivity index (χ2v) is 5.23. The second-order valence-electron chi connectivity index (χ2n) is 5.23. The SMILES string of the molecule is CC12CC3CC1CCCC2C3=O. The van der Waals surface area contributed by atoms with Gasteiger partial charge in [0.25, 0.3) is 0 Å². The summed E-state index contributed by atoms with van der Waals surface area (Å²) in [5, 5.41) is 0. The van der Waals surface area contributed by atoms with E-state index in [1.165, 1.54) is 32.1 Å². The van der Waals surface area contributed by atoms with Crippen molar-refractivity contribution < 1.29 is 4.79 Å². The Morgan fingerprint density at radius 3 is 2.92 bits per heavy atom. The van der Waals surface area contributed by atoms with Crippen LogP contribution in [0.1, 0.15) is 39.0 Å². The van der Waals surface area contributed by atoms with Crippen molar-refractivity contribution in [2.24, 2.45) is 23.2 Å². The van der Waals surface area contributed by atoms with Crippen LogP contribution >= 0.6 is 0 Å². The predicted molar refractivity (Wildman–Crippen MR) is 46.7 cm³/mol. The summed E-state index contributed by atoms with van der Waals surface area (Å²) in [6.45, 7) is 2.37. The first-order valence-electron chi connectivity index (χ1n) is 5.25. The molecule has 3 saturated carbocycles. The fourth-order valence-electron chi connectivity index (χ4n) is 4.13. The fourth-order valence-corrected chi connectivity index (χ4v) is 4.13. The van der Waals surface area contributed by atoms with Crippen molar-refractivity contribution >= 4 is 5.78 Å². The zero-order chi connectivity index (χ0) is 8.34. The molecule has 0 amide bonds. The predicted octanol–water partition coefficient (Wildman–Crippen LogP) is 2.40. The van der Waals surface area contributed by atoms with Crippen LogP contribution in [-0.4, -0.2) is 5.78 Å². The van der Waals surface area contributed by atoms with Crippen molar-refractivity contribution in [2.45, 2.75) is 39.0 Å². The summed E-state index contributed by atoms with van der Waals surface area (Å²) in [6, 6.07) is 0. The Morgan fingerprint density at radius 1 is 1.42 bits per heavy atom. The van der Waals surface area contributed by atoms with E-state index in [0.717, 1.165) is 5.92 Å². The van der Waals surface area contributed by atoms with Gasteiger partial charge in [-0.1, -0.05) is 13.3 Å². The Balaban J connectivity index is 2.06. The largest absolute Gasteiger partial charge is 0.299 e. The third-order valence-corrected chi connectivity index (χ3v) is 4.78. The molecule has 1 heteroatoms. The van der Waals surface area contributed by atoms with Gasteiger partial charge in [0.1, 0.15) is 5.78 Å². The van der Waals surface area contributed by atoms with Crippen LogP contribution < -0.4 is 0 Å². The molecule has 4 unspecified atom stereocenters. The first kappa shape index (κ1) is 7.11. The maximum absolute atomic E-state index is 11.8. The van der Waals surface area contributed by atoms with Gasteiger partial charge in [-0.15, -0.1) is 0 Å². The Labute approximate surface area is 73.5 Å². The van der Waals surface area contributed by atoms with Gasteiger partial charge in [-0.25, -0.2) is 0 Å². The van der Waals surface area contributed by atoms with Gasteiger partial charge in [-0.3, -0.25) is 4.79 Å². The van der Waals surface area contributed by atoms with Crippen LogP contribution in [0, 0.1) is 23.2 Å². The maximum atomic E-state index is 11.8. The van der Waals surface area contributed by atoms with Gasteiger partial charge in [-0.05, 0) is 37.0 Å². The minimum Gasteiger partial charge on any atom is -0.299 e. The van der Waals surface area contributed by atoms with Crippen LogP contribution in [0.3, 0.4) is 0 Å². The van der Waals surface area contributed by atoms with Gasteiger partial charge in [0.15, 0.2) is 0 Å². The summed E-state index contributed by atoms with van der Waals surface area (Å²) in [4.78, 5) is 11.8. The molecule has 3 fully saturated rings. The van der Waals surface area contributed by atoms with Crippen LogP contribution in [0.5, 0.6) is 0 Å². The third-order valence-electron chi connectivity index (χ3n) is 4.78. The standard InChI is InChI=1S/C11H16O/c1-11-6-7-5-8(11)3-2-4-9(11)10(7)12/h7-9H,2-6H2,1H3. The van der Waals surface area contributed by atoms with E-state index in [1.807, 2.05) is 0 Å². The molecule has 0 aromatic carbocycles. The molecule has 0 radical (unpaired) electrons. The normalized spacial score (nSPS) is 56.4. The Hall–Kier alpha value is -0.330. The lowest BCUT2D eigenvalue weighted by Gasteiger charge is -2.42. The quantitative estimate of drug-likeness (QED) is 0.537. The zero-order valence-electron chi connectivity index (χ0n) is 7.68. The van der Waals surface area contributed by atoms with E-state index in [-0.39, 0.29) is 0 Å². The van der Waals surface area contributed by atoms with Crippen LogP contribution in [0.2, 0.25) is 0 Å². The Bertz CT molecular complexity index is 245. The summed E-state index contributed by atoms with van der Waals surface area (Å²) in [6.07, 6.45) is 6.36. The second kappa shape index (κ2) is 1.94. The minimum atomic E-state index is 0.444. The van der Waals surface area contributed by atoms with Crippen molar-refractivity contribution in [3.8, 4) is 0 Å². The number of rotatable bonds is 0. The maximum Gasteiger partial charge on any atom is 0.139 e. The fraction of sp³-hybridized carbons (Fsp3) is 0.909. The molecule has 0 aliphatic heterocycles. The summed E-state index contributed by atoms with van der Waals surface area (Å²) in [5.74, 6) is 2.47. The molecular formula is C11H16O. The Kier molecular flexibility index (Phi) is 1.15. The molecular weight excluding hydrogens is 148 g/mol. The summed E-state index contributed by atoms with van der Waals surface area (Å²) in [7, 11) is 0. The van der Waals surface area contributed by atoms with E-state index in [2.05, 4.69) is 6.92 Å². The number of fused-ring (bicyclic) bond motifs is 1. The molecule has 0 spiro atoms. The summed E-state index contributed by atoms with van der Waals surface area (Å²) < 4.78 is 0. The molecule has 1 nitrogen and oxygen atoms in total. The molecule has 0 heterocycles. The molecule has 4 atom stereocenters. The van der Waals surface area contributed by atoms with Gasteiger partial charge < -0.3 is 0 Å². The van der Waals surface area contributed by atoms with E-state index in [1.54, 1.807) is 0 Å². The van der Waals surface area contributed by atoms with Gasteiger partial charge in [-0.2, -0.15) is 0 Å². The minimum absolute atomic E-state index is 0.444. The molecule has 3 aliphatic rings. The highest BCUT2D eigenvalue weighted by atomic mass is 16.1. The van der Waals surface area contributed by atoms with E-state index < -0.39 is 0 Å². The molecule has 0 aromatic heterocycles. The van der Waals surface area contributed by atoms with Crippen LogP contribution in [0.4, 0.5) is 0 Å². The average molecular weight is 164 g/mol. The highest BCUT2D eigenvalue weighted by Gasteiger charge is 2.60. The number of carbonyl (C=O) groups excluding carboxylic acids is 1.